The van der Waals surface area contributed by atoms with Crippen LogP contribution in [0.3, 0.4) is 0 Å². The molecule has 1 rings (SSSR count). The number of hydrogen-bond acceptors (Lipinski definition) is 4. The van der Waals surface area contributed by atoms with E-state index in [1.54, 1.807) is 0 Å². The van der Waals surface area contributed by atoms with Gasteiger partial charge >= 0.3 is 11.9 Å². The molecule has 0 aliphatic rings. The summed E-state index contributed by atoms with van der Waals surface area (Å²) in [7, 11) is 0. The summed E-state index contributed by atoms with van der Waals surface area (Å²) in [4.78, 5) is 20.7. The predicted octanol–water partition coefficient (Wildman–Crippen LogP) is -0.362. The van der Waals surface area contributed by atoms with Gasteiger partial charge < -0.3 is 15.9 Å². The van der Waals surface area contributed by atoms with Gasteiger partial charge in [0.05, 0.1) is 13.0 Å². The van der Waals surface area contributed by atoms with Gasteiger partial charge in [0.1, 0.15) is 5.82 Å². The topological polar surface area (TPSA) is 118 Å². The maximum Gasteiger partial charge on any atom is 0.356 e. The fourth-order valence-corrected chi connectivity index (χ4v) is 0.916. The number of hydrogen-bond donors (Lipinski definition) is 3. The average molecular weight is 199 g/mol. The zero-order valence-corrected chi connectivity index (χ0v) is 7.17. The summed E-state index contributed by atoms with van der Waals surface area (Å²) < 4.78 is 1.15. The molecule has 1 heterocycles. The van der Waals surface area contributed by atoms with E-state index in [-0.39, 0.29) is 24.5 Å². The zero-order valence-electron chi connectivity index (χ0n) is 7.17. The fraction of sp³-hybridized carbons (Fsp3) is 0.286. The molecule has 0 aliphatic heterocycles. The first-order valence-electron chi connectivity index (χ1n) is 3.79. The van der Waals surface area contributed by atoms with Crippen molar-refractivity contribution in [1.29, 1.82) is 0 Å². The third kappa shape index (κ3) is 2.22. The number of rotatable bonds is 4. The molecule has 4 N–H and O–H groups in total. The monoisotopic (exact) mass is 199 g/mol. The molecule has 1 aromatic heterocycles. The van der Waals surface area contributed by atoms with Crippen LogP contribution in [-0.2, 0) is 11.3 Å². The van der Waals surface area contributed by atoms with Crippen molar-refractivity contribution in [1.82, 2.24) is 9.78 Å². The highest BCUT2D eigenvalue weighted by Crippen LogP contribution is 2.06. The van der Waals surface area contributed by atoms with Crippen LogP contribution < -0.4 is 5.73 Å². The Morgan fingerprint density at radius 1 is 1.50 bits per heavy atom. The molecular formula is C7H9N3O4. The number of nitrogen functional groups attached to an aromatic ring is 1. The number of carboxylic acid groups (broad SMARTS) is 2. The van der Waals surface area contributed by atoms with Gasteiger partial charge in [-0.3, -0.25) is 4.79 Å². The van der Waals surface area contributed by atoms with E-state index in [1.165, 1.54) is 6.07 Å². The van der Waals surface area contributed by atoms with Gasteiger partial charge in [-0.25, -0.2) is 9.48 Å². The van der Waals surface area contributed by atoms with Crippen LogP contribution in [-0.4, -0.2) is 31.9 Å². The van der Waals surface area contributed by atoms with Crippen molar-refractivity contribution in [2.45, 2.75) is 13.0 Å². The quantitative estimate of drug-likeness (QED) is 0.609. The van der Waals surface area contributed by atoms with E-state index in [0.717, 1.165) is 4.68 Å². The maximum absolute atomic E-state index is 10.5. The number of aliphatic carboxylic acids is 1. The molecule has 0 atom stereocenters. The summed E-state index contributed by atoms with van der Waals surface area (Å²) >= 11 is 0. The molecule has 0 saturated heterocycles. The normalized spacial score (nSPS) is 10.0. The lowest BCUT2D eigenvalue weighted by Gasteiger charge is -1.99. The Hall–Kier alpha value is -2.05. The highest BCUT2D eigenvalue weighted by atomic mass is 16.4. The Bertz CT molecular complexity index is 371. The van der Waals surface area contributed by atoms with Crippen LogP contribution >= 0.6 is 0 Å². The van der Waals surface area contributed by atoms with Crippen LogP contribution in [0.4, 0.5) is 5.82 Å². The van der Waals surface area contributed by atoms with Crippen LogP contribution in [0, 0.1) is 0 Å². The molecule has 0 spiro atoms. The molecule has 0 fully saturated rings. The number of nitrogens with zero attached hydrogens (tertiary/aromatic N) is 2. The van der Waals surface area contributed by atoms with E-state index in [0.29, 0.717) is 0 Å². The van der Waals surface area contributed by atoms with Gasteiger partial charge in [-0.15, -0.1) is 0 Å². The first-order valence-corrected chi connectivity index (χ1v) is 3.79. The third-order valence-corrected chi connectivity index (χ3v) is 1.57. The number of aromatic carboxylic acids is 1. The molecule has 7 nitrogen and oxygen atoms in total. The Kier molecular flexibility index (Phi) is 2.70. The van der Waals surface area contributed by atoms with Crippen LogP contribution in [0.1, 0.15) is 16.9 Å². The number of anilines is 1. The molecule has 76 valence electrons. The lowest BCUT2D eigenvalue weighted by molar-refractivity contribution is -0.137. The highest BCUT2D eigenvalue weighted by Gasteiger charge is 2.11. The lowest BCUT2D eigenvalue weighted by Crippen LogP contribution is -2.09. The molecule has 0 saturated carbocycles. The summed E-state index contributed by atoms with van der Waals surface area (Å²) in [6.07, 6.45) is -0.148. The first-order chi connectivity index (χ1) is 6.50. The second-order valence-electron chi connectivity index (χ2n) is 2.63. The van der Waals surface area contributed by atoms with Gasteiger partial charge in [0.15, 0.2) is 5.69 Å². The van der Waals surface area contributed by atoms with Crippen molar-refractivity contribution in [2.24, 2.45) is 0 Å². The van der Waals surface area contributed by atoms with Crippen molar-refractivity contribution >= 4 is 17.8 Å². The molecule has 1 aromatic rings. The van der Waals surface area contributed by atoms with E-state index in [9.17, 15) is 9.59 Å². The van der Waals surface area contributed by atoms with Crippen LogP contribution in [0.25, 0.3) is 0 Å². The molecule has 0 unspecified atom stereocenters. The Morgan fingerprint density at radius 2 is 2.14 bits per heavy atom. The summed E-state index contributed by atoms with van der Waals surface area (Å²) in [5, 5.41) is 20.5. The molecule has 14 heavy (non-hydrogen) atoms. The largest absolute Gasteiger partial charge is 0.481 e. The number of carbonyl (C=O) groups is 2. The Balaban J connectivity index is 2.77. The van der Waals surface area contributed by atoms with Gasteiger partial charge in [0.2, 0.25) is 0 Å². The minimum absolute atomic E-state index is 0.0639. The highest BCUT2D eigenvalue weighted by molar-refractivity contribution is 5.86. The second kappa shape index (κ2) is 3.77. The van der Waals surface area contributed by atoms with Crippen molar-refractivity contribution in [3.05, 3.63) is 11.8 Å². The molecule has 0 aromatic carbocycles. The summed E-state index contributed by atoms with van der Waals surface area (Å²) in [6, 6.07) is 1.18. The molecule has 0 bridgehead atoms. The van der Waals surface area contributed by atoms with Gasteiger partial charge in [-0.1, -0.05) is 0 Å². The van der Waals surface area contributed by atoms with Crippen LogP contribution in [0.2, 0.25) is 0 Å². The predicted molar refractivity (Wildman–Crippen MR) is 45.9 cm³/mol. The van der Waals surface area contributed by atoms with Crippen molar-refractivity contribution in [3.8, 4) is 0 Å². The summed E-state index contributed by atoms with van der Waals surface area (Å²) in [5.74, 6) is -2.04. The second-order valence-corrected chi connectivity index (χ2v) is 2.63. The summed E-state index contributed by atoms with van der Waals surface area (Å²) in [5.41, 5.74) is 5.22. The molecule has 0 amide bonds. The smallest absolute Gasteiger partial charge is 0.356 e. The Morgan fingerprint density at radius 3 is 2.57 bits per heavy atom. The van der Waals surface area contributed by atoms with Crippen LogP contribution in [0.5, 0.6) is 0 Å². The van der Waals surface area contributed by atoms with Crippen molar-refractivity contribution in [2.75, 3.05) is 5.73 Å². The number of carboxylic acids is 2. The third-order valence-electron chi connectivity index (χ3n) is 1.57. The molecular weight excluding hydrogens is 190 g/mol. The molecule has 0 aliphatic carbocycles. The van der Waals surface area contributed by atoms with E-state index in [4.69, 9.17) is 15.9 Å². The van der Waals surface area contributed by atoms with E-state index in [2.05, 4.69) is 5.10 Å². The van der Waals surface area contributed by atoms with E-state index in [1.807, 2.05) is 0 Å². The lowest BCUT2D eigenvalue weighted by atomic mass is 10.4. The van der Waals surface area contributed by atoms with Gasteiger partial charge in [0, 0.05) is 6.07 Å². The first kappa shape index (κ1) is 10.0. The molecule has 0 radical (unpaired) electrons. The van der Waals surface area contributed by atoms with Crippen molar-refractivity contribution < 1.29 is 19.8 Å². The van der Waals surface area contributed by atoms with Gasteiger partial charge in [-0.05, 0) is 0 Å². The zero-order chi connectivity index (χ0) is 10.7. The number of nitrogens with two attached hydrogens (primary N) is 1. The fourth-order valence-electron chi connectivity index (χ4n) is 0.916. The number of aryl methyl sites for hydroxylation is 1. The maximum atomic E-state index is 10.5. The number of aromatic nitrogens is 2. The van der Waals surface area contributed by atoms with Gasteiger partial charge in [0.25, 0.3) is 0 Å². The average Bonchev–Trinajstić information content (AvgIpc) is 2.43. The summed E-state index contributed by atoms with van der Waals surface area (Å²) in [6.45, 7) is 0.0639. The Labute approximate surface area is 78.7 Å². The van der Waals surface area contributed by atoms with Crippen molar-refractivity contribution in [3.63, 3.8) is 0 Å². The van der Waals surface area contributed by atoms with Gasteiger partial charge in [-0.2, -0.15) is 5.10 Å². The SMILES string of the molecule is Nc1cc(C(=O)O)nn1CCC(=O)O. The van der Waals surface area contributed by atoms with E-state index < -0.39 is 11.9 Å². The van der Waals surface area contributed by atoms with Crippen LogP contribution in [0.15, 0.2) is 6.07 Å². The standard InChI is InChI=1S/C7H9N3O4/c8-5-3-4(7(13)14)9-10(5)2-1-6(11)12/h3H,1-2,8H2,(H,11,12)(H,13,14). The minimum Gasteiger partial charge on any atom is -0.481 e. The minimum atomic E-state index is -1.19. The molecule has 7 heteroatoms. The van der Waals surface area contributed by atoms with E-state index >= 15 is 0 Å².